The Bertz CT molecular complexity index is 411. The standard InChI is InChI=1S/C15H27N3O2/c1-5-19-15(8-6-7-9-15)14-17-13(20-18-14)10-12(16-4)11(2)3/h11-12,16H,5-10H2,1-4H3. The number of hydrogen-bond acceptors (Lipinski definition) is 5. The quantitative estimate of drug-likeness (QED) is 0.832. The van der Waals surface area contributed by atoms with Crippen molar-refractivity contribution in [1.29, 1.82) is 0 Å². The summed E-state index contributed by atoms with van der Waals surface area (Å²) in [5, 5.41) is 7.50. The fourth-order valence-electron chi connectivity index (χ4n) is 3.04. The van der Waals surface area contributed by atoms with Crippen LogP contribution in [0.2, 0.25) is 0 Å². The maximum absolute atomic E-state index is 5.97. The van der Waals surface area contributed by atoms with E-state index in [2.05, 4.69) is 29.3 Å². The monoisotopic (exact) mass is 281 g/mol. The number of ether oxygens (including phenoxy) is 1. The Morgan fingerprint density at radius 2 is 2.05 bits per heavy atom. The predicted octanol–water partition coefficient (Wildman–Crippen LogP) is 2.66. The van der Waals surface area contributed by atoms with Gasteiger partial charge in [0.05, 0.1) is 0 Å². The maximum Gasteiger partial charge on any atom is 0.228 e. The number of rotatable bonds is 7. The summed E-state index contributed by atoms with van der Waals surface area (Å²) in [4.78, 5) is 4.61. The molecule has 1 saturated carbocycles. The van der Waals surface area contributed by atoms with Crippen molar-refractivity contribution >= 4 is 0 Å². The lowest BCUT2D eigenvalue weighted by molar-refractivity contribution is -0.0469. The van der Waals surface area contributed by atoms with Gasteiger partial charge in [-0.25, -0.2) is 0 Å². The molecule has 0 bridgehead atoms. The fourth-order valence-corrected chi connectivity index (χ4v) is 3.04. The van der Waals surface area contributed by atoms with E-state index in [1.165, 1.54) is 12.8 Å². The van der Waals surface area contributed by atoms with Crippen LogP contribution in [0.15, 0.2) is 4.52 Å². The molecule has 0 aliphatic heterocycles. The molecule has 1 atom stereocenters. The molecule has 20 heavy (non-hydrogen) atoms. The first kappa shape index (κ1) is 15.4. The highest BCUT2D eigenvalue weighted by Gasteiger charge is 2.40. The van der Waals surface area contributed by atoms with Crippen LogP contribution in [-0.2, 0) is 16.8 Å². The van der Waals surface area contributed by atoms with Gasteiger partial charge in [0.25, 0.3) is 0 Å². The lowest BCUT2D eigenvalue weighted by Crippen LogP contribution is -2.33. The van der Waals surface area contributed by atoms with E-state index in [1.807, 2.05) is 14.0 Å². The van der Waals surface area contributed by atoms with Crippen molar-refractivity contribution in [2.45, 2.75) is 64.5 Å². The van der Waals surface area contributed by atoms with Crippen LogP contribution in [0.25, 0.3) is 0 Å². The van der Waals surface area contributed by atoms with E-state index in [0.717, 1.165) is 25.1 Å². The Hall–Kier alpha value is -0.940. The van der Waals surface area contributed by atoms with Gasteiger partial charge in [-0.2, -0.15) is 4.98 Å². The summed E-state index contributed by atoms with van der Waals surface area (Å²) in [6.07, 6.45) is 5.12. The minimum atomic E-state index is -0.302. The van der Waals surface area contributed by atoms with Gasteiger partial charge in [-0.15, -0.1) is 0 Å². The summed E-state index contributed by atoms with van der Waals surface area (Å²) in [7, 11) is 1.97. The molecule has 1 fully saturated rings. The average molecular weight is 281 g/mol. The van der Waals surface area contributed by atoms with E-state index >= 15 is 0 Å². The smallest absolute Gasteiger partial charge is 0.228 e. The van der Waals surface area contributed by atoms with E-state index in [-0.39, 0.29) is 5.60 Å². The molecule has 114 valence electrons. The molecule has 1 unspecified atom stereocenters. The lowest BCUT2D eigenvalue weighted by Gasteiger charge is -2.24. The molecular formula is C15H27N3O2. The van der Waals surface area contributed by atoms with E-state index in [0.29, 0.717) is 24.5 Å². The first-order chi connectivity index (χ1) is 9.61. The zero-order valence-corrected chi connectivity index (χ0v) is 13.1. The number of nitrogens with zero attached hydrogens (tertiary/aromatic N) is 2. The molecule has 5 heteroatoms. The molecule has 1 N–H and O–H groups in total. The highest BCUT2D eigenvalue weighted by molar-refractivity contribution is 5.05. The van der Waals surface area contributed by atoms with Gasteiger partial charge in [-0.1, -0.05) is 19.0 Å². The molecule has 5 nitrogen and oxygen atoms in total. The van der Waals surface area contributed by atoms with Crippen LogP contribution in [0.3, 0.4) is 0 Å². The third-order valence-electron chi connectivity index (χ3n) is 4.28. The number of nitrogens with one attached hydrogen (secondary N) is 1. The van der Waals surface area contributed by atoms with E-state index in [9.17, 15) is 0 Å². The summed E-state index contributed by atoms with van der Waals surface area (Å²) >= 11 is 0. The molecule has 0 saturated heterocycles. The summed E-state index contributed by atoms with van der Waals surface area (Å²) in [5.41, 5.74) is -0.302. The largest absolute Gasteiger partial charge is 0.367 e. The van der Waals surface area contributed by atoms with Crippen molar-refractivity contribution in [1.82, 2.24) is 15.5 Å². The minimum Gasteiger partial charge on any atom is -0.367 e. The number of hydrogen-bond donors (Lipinski definition) is 1. The van der Waals surface area contributed by atoms with Gasteiger partial charge in [0.1, 0.15) is 5.60 Å². The second-order valence-corrected chi connectivity index (χ2v) is 5.99. The molecule has 2 rings (SSSR count). The van der Waals surface area contributed by atoms with E-state index < -0.39 is 0 Å². The van der Waals surface area contributed by atoms with Crippen molar-refractivity contribution < 1.29 is 9.26 Å². The number of aromatic nitrogens is 2. The summed E-state index contributed by atoms with van der Waals surface area (Å²) in [6, 6.07) is 0.356. The summed E-state index contributed by atoms with van der Waals surface area (Å²) in [6.45, 7) is 7.10. The Kier molecular flexibility index (Phi) is 5.16. The van der Waals surface area contributed by atoms with Gasteiger partial charge in [0, 0.05) is 19.1 Å². The van der Waals surface area contributed by atoms with Gasteiger partial charge in [0.15, 0.2) is 0 Å². The maximum atomic E-state index is 5.97. The van der Waals surface area contributed by atoms with Gasteiger partial charge in [0.2, 0.25) is 11.7 Å². The Balaban J connectivity index is 2.11. The van der Waals surface area contributed by atoms with Crippen molar-refractivity contribution in [2.24, 2.45) is 5.92 Å². The Labute approximate surface area is 121 Å². The van der Waals surface area contributed by atoms with Crippen molar-refractivity contribution in [3.63, 3.8) is 0 Å². The summed E-state index contributed by atoms with van der Waals surface area (Å²) in [5.74, 6) is 1.98. The van der Waals surface area contributed by atoms with Gasteiger partial charge < -0.3 is 14.6 Å². The van der Waals surface area contributed by atoms with Crippen molar-refractivity contribution in [3.8, 4) is 0 Å². The summed E-state index contributed by atoms with van der Waals surface area (Å²) < 4.78 is 11.4. The van der Waals surface area contributed by atoms with Crippen LogP contribution in [-0.4, -0.2) is 29.8 Å². The van der Waals surface area contributed by atoms with E-state index in [4.69, 9.17) is 9.26 Å². The molecule has 0 spiro atoms. The first-order valence-electron chi connectivity index (χ1n) is 7.75. The second kappa shape index (κ2) is 6.68. The zero-order valence-electron chi connectivity index (χ0n) is 13.1. The normalized spacial score (nSPS) is 19.6. The first-order valence-corrected chi connectivity index (χ1v) is 7.75. The van der Waals surface area contributed by atoms with Crippen molar-refractivity contribution in [2.75, 3.05) is 13.7 Å². The SMILES string of the molecule is CCOC1(c2noc(CC(NC)C(C)C)n2)CCCC1. The van der Waals surface area contributed by atoms with Crippen LogP contribution >= 0.6 is 0 Å². The highest BCUT2D eigenvalue weighted by Crippen LogP contribution is 2.40. The molecule has 1 aliphatic carbocycles. The molecule has 1 heterocycles. The van der Waals surface area contributed by atoms with Crippen LogP contribution in [0.5, 0.6) is 0 Å². The van der Waals surface area contributed by atoms with E-state index in [1.54, 1.807) is 0 Å². The number of likely N-dealkylation sites (N-methyl/N-ethyl adjacent to an activating group) is 1. The van der Waals surface area contributed by atoms with Gasteiger partial charge in [-0.3, -0.25) is 0 Å². The van der Waals surface area contributed by atoms with Gasteiger partial charge >= 0.3 is 0 Å². The molecule has 0 aromatic carbocycles. The average Bonchev–Trinajstić information content (AvgIpc) is 3.05. The van der Waals surface area contributed by atoms with Crippen molar-refractivity contribution in [3.05, 3.63) is 11.7 Å². The Morgan fingerprint density at radius 1 is 1.35 bits per heavy atom. The van der Waals surface area contributed by atoms with Gasteiger partial charge in [-0.05, 0) is 45.6 Å². The third-order valence-corrected chi connectivity index (χ3v) is 4.28. The van der Waals surface area contributed by atoms with Crippen LogP contribution in [0.1, 0.15) is 58.2 Å². The topological polar surface area (TPSA) is 60.2 Å². The molecule has 0 radical (unpaired) electrons. The van der Waals surface area contributed by atoms with Crippen LogP contribution in [0.4, 0.5) is 0 Å². The highest BCUT2D eigenvalue weighted by atomic mass is 16.5. The minimum absolute atomic E-state index is 0.302. The molecule has 1 aromatic rings. The van der Waals surface area contributed by atoms with Crippen LogP contribution in [0, 0.1) is 5.92 Å². The molecule has 1 aromatic heterocycles. The van der Waals surface area contributed by atoms with Crippen LogP contribution < -0.4 is 5.32 Å². The second-order valence-electron chi connectivity index (χ2n) is 5.99. The molecular weight excluding hydrogens is 254 g/mol. The molecule has 1 aliphatic rings. The zero-order chi connectivity index (χ0) is 14.6. The lowest BCUT2D eigenvalue weighted by atomic mass is 10.0. The third kappa shape index (κ3) is 3.20. The fraction of sp³-hybridized carbons (Fsp3) is 0.867. The predicted molar refractivity (Wildman–Crippen MR) is 77.5 cm³/mol. The molecule has 0 amide bonds. The Morgan fingerprint density at radius 3 is 2.60 bits per heavy atom.